The van der Waals surface area contributed by atoms with Crippen LogP contribution in [-0.4, -0.2) is 54.3 Å². The van der Waals surface area contributed by atoms with Crippen molar-refractivity contribution in [3.05, 3.63) is 22.3 Å². The van der Waals surface area contributed by atoms with Gasteiger partial charge in [0.05, 0.1) is 35.3 Å². The van der Waals surface area contributed by atoms with Gasteiger partial charge in [-0.15, -0.1) is 0 Å². The monoisotopic (exact) mass is 344 g/mol. The van der Waals surface area contributed by atoms with Gasteiger partial charge in [-0.1, -0.05) is 23.2 Å². The van der Waals surface area contributed by atoms with Crippen LogP contribution in [0.3, 0.4) is 0 Å². The van der Waals surface area contributed by atoms with Crippen molar-refractivity contribution in [2.24, 2.45) is 0 Å². The number of aromatic nitrogens is 1. The van der Waals surface area contributed by atoms with Gasteiger partial charge in [-0.05, 0) is 18.9 Å². The fraction of sp³-hybridized carbons (Fsp3) is 0.571. The van der Waals surface area contributed by atoms with Crippen LogP contribution in [0.1, 0.15) is 12.8 Å². The maximum atomic E-state index is 12.3. The zero-order chi connectivity index (χ0) is 15.5. The SMILES string of the molecule is O=C(NCCNc1ncc(Cl)cc1Cl)N1C2CCC1COC2. The summed E-state index contributed by atoms with van der Waals surface area (Å²) >= 11 is 11.8. The van der Waals surface area contributed by atoms with E-state index in [1.165, 1.54) is 6.20 Å². The molecular formula is C14H18Cl2N4O2. The predicted molar refractivity (Wildman–Crippen MR) is 85.6 cm³/mol. The van der Waals surface area contributed by atoms with E-state index in [2.05, 4.69) is 15.6 Å². The van der Waals surface area contributed by atoms with E-state index >= 15 is 0 Å². The molecule has 0 radical (unpaired) electrons. The van der Waals surface area contributed by atoms with Gasteiger partial charge < -0.3 is 20.3 Å². The number of anilines is 1. The normalized spacial score (nSPS) is 23.5. The standard InChI is InChI=1S/C14H18Cl2N4O2/c15-9-5-12(16)13(19-6-9)17-3-4-18-14(21)20-10-1-2-11(20)8-22-7-10/h5-6,10-11H,1-4,7-8H2,(H,17,19)(H,18,21). The highest BCUT2D eigenvalue weighted by Gasteiger charge is 2.40. The van der Waals surface area contributed by atoms with Crippen LogP contribution in [-0.2, 0) is 4.74 Å². The van der Waals surface area contributed by atoms with Crippen LogP contribution in [0.25, 0.3) is 0 Å². The highest BCUT2D eigenvalue weighted by Crippen LogP contribution is 2.28. The Bertz CT molecular complexity index is 542. The minimum Gasteiger partial charge on any atom is -0.377 e. The van der Waals surface area contributed by atoms with Crippen LogP contribution in [0.2, 0.25) is 10.0 Å². The van der Waals surface area contributed by atoms with E-state index in [-0.39, 0.29) is 18.1 Å². The Kier molecular flexibility index (Phi) is 4.90. The molecule has 2 aliphatic heterocycles. The largest absolute Gasteiger partial charge is 0.377 e. The zero-order valence-electron chi connectivity index (χ0n) is 12.0. The van der Waals surface area contributed by atoms with Crippen LogP contribution in [0, 0.1) is 0 Å². The number of nitrogens with one attached hydrogen (secondary N) is 2. The highest BCUT2D eigenvalue weighted by atomic mass is 35.5. The first-order valence-electron chi connectivity index (χ1n) is 7.34. The summed E-state index contributed by atoms with van der Waals surface area (Å²) in [6, 6.07) is 2.05. The van der Waals surface area contributed by atoms with Crippen molar-refractivity contribution < 1.29 is 9.53 Å². The third-order valence-corrected chi connectivity index (χ3v) is 4.47. The van der Waals surface area contributed by atoms with Crippen LogP contribution >= 0.6 is 23.2 Å². The molecule has 2 saturated heterocycles. The molecule has 2 fully saturated rings. The fourth-order valence-electron chi connectivity index (χ4n) is 2.95. The summed E-state index contributed by atoms with van der Waals surface area (Å²) in [6.45, 7) is 2.33. The molecule has 2 amide bonds. The van der Waals surface area contributed by atoms with E-state index in [4.69, 9.17) is 27.9 Å². The van der Waals surface area contributed by atoms with Gasteiger partial charge in [-0.25, -0.2) is 9.78 Å². The van der Waals surface area contributed by atoms with Gasteiger partial charge in [-0.3, -0.25) is 0 Å². The number of amides is 2. The first-order chi connectivity index (χ1) is 10.6. The second kappa shape index (κ2) is 6.89. The lowest BCUT2D eigenvalue weighted by Crippen LogP contribution is -2.53. The molecule has 1 aromatic heterocycles. The average molecular weight is 345 g/mol. The molecule has 8 heteroatoms. The smallest absolute Gasteiger partial charge is 0.318 e. The second-order valence-corrected chi connectivity index (χ2v) is 6.32. The molecular weight excluding hydrogens is 327 g/mol. The summed E-state index contributed by atoms with van der Waals surface area (Å²) in [5, 5.41) is 6.96. The number of nitrogens with zero attached hydrogens (tertiary/aromatic N) is 2. The Morgan fingerprint density at radius 2 is 2.05 bits per heavy atom. The lowest BCUT2D eigenvalue weighted by molar-refractivity contribution is 0.00649. The van der Waals surface area contributed by atoms with Crippen LogP contribution in [0.4, 0.5) is 10.6 Å². The third kappa shape index (κ3) is 3.39. The van der Waals surface area contributed by atoms with Crippen molar-refractivity contribution in [1.82, 2.24) is 15.2 Å². The van der Waals surface area contributed by atoms with Crippen molar-refractivity contribution in [2.45, 2.75) is 24.9 Å². The molecule has 1 aromatic rings. The van der Waals surface area contributed by atoms with Crippen molar-refractivity contribution in [3.63, 3.8) is 0 Å². The Labute approximate surface area is 139 Å². The molecule has 2 atom stereocenters. The van der Waals surface area contributed by atoms with E-state index in [1.807, 2.05) is 4.90 Å². The topological polar surface area (TPSA) is 66.5 Å². The number of fused-ring (bicyclic) bond motifs is 2. The minimum absolute atomic E-state index is 0.0206. The summed E-state index contributed by atoms with van der Waals surface area (Å²) in [6.07, 6.45) is 3.58. The molecule has 3 rings (SSSR count). The fourth-order valence-corrected chi connectivity index (χ4v) is 3.39. The van der Waals surface area contributed by atoms with Crippen LogP contribution < -0.4 is 10.6 Å². The number of urea groups is 1. The molecule has 0 spiro atoms. The van der Waals surface area contributed by atoms with Gasteiger partial charge in [0.15, 0.2) is 0 Å². The maximum absolute atomic E-state index is 12.3. The van der Waals surface area contributed by atoms with Gasteiger partial charge in [0, 0.05) is 19.3 Å². The Morgan fingerprint density at radius 1 is 1.32 bits per heavy atom. The number of ether oxygens (including phenoxy) is 1. The molecule has 0 aromatic carbocycles. The number of pyridine rings is 1. The predicted octanol–water partition coefficient (Wildman–Crippen LogP) is 2.37. The molecule has 3 heterocycles. The number of halogens is 2. The number of carbonyl (C=O) groups is 1. The van der Waals surface area contributed by atoms with E-state index in [9.17, 15) is 4.79 Å². The van der Waals surface area contributed by atoms with Gasteiger partial charge in [0.25, 0.3) is 0 Å². The van der Waals surface area contributed by atoms with Gasteiger partial charge >= 0.3 is 6.03 Å². The van der Waals surface area contributed by atoms with Crippen LogP contribution in [0.5, 0.6) is 0 Å². The van der Waals surface area contributed by atoms with Crippen molar-refractivity contribution in [2.75, 3.05) is 31.6 Å². The summed E-state index contributed by atoms with van der Waals surface area (Å²) in [5.41, 5.74) is 0. The van der Waals surface area contributed by atoms with Gasteiger partial charge in [0.2, 0.25) is 0 Å². The van der Waals surface area contributed by atoms with Gasteiger partial charge in [0.1, 0.15) is 5.82 Å². The second-order valence-electron chi connectivity index (χ2n) is 5.47. The number of morpholine rings is 1. The quantitative estimate of drug-likeness (QED) is 0.823. The summed E-state index contributed by atoms with van der Waals surface area (Å²) in [4.78, 5) is 18.3. The first-order valence-corrected chi connectivity index (χ1v) is 8.09. The number of hydrogen-bond acceptors (Lipinski definition) is 4. The number of hydrogen-bond donors (Lipinski definition) is 2. The minimum atomic E-state index is -0.0206. The molecule has 0 aliphatic carbocycles. The third-order valence-electron chi connectivity index (χ3n) is 3.98. The molecule has 2 N–H and O–H groups in total. The van der Waals surface area contributed by atoms with Crippen molar-refractivity contribution in [3.8, 4) is 0 Å². The van der Waals surface area contributed by atoms with Crippen molar-refractivity contribution >= 4 is 35.1 Å². The average Bonchev–Trinajstić information content (AvgIpc) is 2.75. The first kappa shape index (κ1) is 15.6. The van der Waals surface area contributed by atoms with Crippen molar-refractivity contribution in [1.29, 1.82) is 0 Å². The molecule has 2 aliphatic rings. The van der Waals surface area contributed by atoms with E-state index in [0.717, 1.165) is 12.8 Å². The maximum Gasteiger partial charge on any atom is 0.318 e. The Balaban J connectivity index is 1.44. The lowest BCUT2D eigenvalue weighted by atomic mass is 10.2. The number of rotatable bonds is 4. The lowest BCUT2D eigenvalue weighted by Gasteiger charge is -2.34. The molecule has 22 heavy (non-hydrogen) atoms. The summed E-state index contributed by atoms with van der Waals surface area (Å²) < 4.78 is 5.48. The molecule has 6 nitrogen and oxygen atoms in total. The highest BCUT2D eigenvalue weighted by molar-refractivity contribution is 6.35. The van der Waals surface area contributed by atoms with E-state index in [1.54, 1.807) is 6.07 Å². The van der Waals surface area contributed by atoms with Crippen LogP contribution in [0.15, 0.2) is 12.3 Å². The molecule has 0 saturated carbocycles. The Hall–Kier alpha value is -1.24. The molecule has 2 unspecified atom stereocenters. The van der Waals surface area contributed by atoms with Gasteiger partial charge in [-0.2, -0.15) is 0 Å². The van der Waals surface area contributed by atoms with E-state index in [0.29, 0.717) is 42.2 Å². The Morgan fingerprint density at radius 3 is 2.73 bits per heavy atom. The zero-order valence-corrected chi connectivity index (χ0v) is 13.5. The molecule has 120 valence electrons. The molecule has 2 bridgehead atoms. The summed E-state index contributed by atoms with van der Waals surface area (Å²) in [7, 11) is 0. The van der Waals surface area contributed by atoms with E-state index < -0.39 is 0 Å². The number of carbonyl (C=O) groups excluding carboxylic acids is 1. The summed E-state index contributed by atoms with van der Waals surface area (Å²) in [5.74, 6) is 0.562.